The molecule has 0 aliphatic carbocycles. The molecule has 0 aliphatic rings. The highest BCUT2D eigenvalue weighted by Crippen LogP contribution is 2.08. The molecule has 6 heteroatoms. The average Bonchev–Trinajstić information content (AvgIpc) is 2.44. The van der Waals surface area contributed by atoms with Crippen molar-refractivity contribution < 1.29 is 9.59 Å². The number of hydrogen-bond donors (Lipinski definition) is 1. The van der Waals surface area contributed by atoms with Gasteiger partial charge in [0.1, 0.15) is 0 Å². The molecule has 0 radical (unpaired) electrons. The quantitative estimate of drug-likeness (QED) is 0.647. The molecule has 22 heavy (non-hydrogen) atoms. The first-order valence-electron chi connectivity index (χ1n) is 7.37. The van der Waals surface area contributed by atoms with Gasteiger partial charge in [0.05, 0.1) is 6.42 Å². The Morgan fingerprint density at radius 2 is 1.73 bits per heavy atom. The van der Waals surface area contributed by atoms with Crippen LogP contribution in [-0.2, 0) is 4.79 Å². The summed E-state index contributed by atoms with van der Waals surface area (Å²) in [4.78, 5) is 29.8. The molecule has 120 valence electrons. The maximum absolute atomic E-state index is 12.3. The van der Waals surface area contributed by atoms with E-state index in [-0.39, 0.29) is 30.3 Å². The van der Waals surface area contributed by atoms with Crippen LogP contribution in [-0.4, -0.2) is 39.5 Å². The van der Waals surface area contributed by atoms with Crippen LogP contribution >= 0.6 is 0 Å². The maximum Gasteiger partial charge on any atom is 0.271 e. The van der Waals surface area contributed by atoms with Crippen molar-refractivity contribution in [3.05, 3.63) is 30.1 Å². The fraction of sp³-hybridized carbons (Fsp3) is 0.500. The Hall–Kier alpha value is -2.24. The predicted octanol–water partition coefficient (Wildman–Crippen LogP) is 2.22. The van der Waals surface area contributed by atoms with E-state index < -0.39 is 0 Å². The molecule has 0 saturated heterocycles. The Morgan fingerprint density at radius 3 is 2.23 bits per heavy atom. The van der Waals surface area contributed by atoms with Gasteiger partial charge in [-0.15, -0.1) is 0 Å². The summed E-state index contributed by atoms with van der Waals surface area (Å²) in [6.07, 6.45) is 3.27. The molecule has 2 amide bonds. The second kappa shape index (κ2) is 8.26. The summed E-state index contributed by atoms with van der Waals surface area (Å²) in [6.45, 7) is 9.65. The number of carbonyl (C=O) groups is 2. The lowest BCUT2D eigenvalue weighted by Crippen LogP contribution is -2.42. The van der Waals surface area contributed by atoms with E-state index in [0.717, 1.165) is 0 Å². The molecular formula is C16H24N4O2. The van der Waals surface area contributed by atoms with E-state index in [2.05, 4.69) is 15.5 Å². The third-order valence-corrected chi connectivity index (χ3v) is 3.10. The lowest BCUT2D eigenvalue weighted by molar-refractivity contribution is -0.133. The van der Waals surface area contributed by atoms with Gasteiger partial charge in [-0.05, 0) is 46.8 Å². The van der Waals surface area contributed by atoms with E-state index in [1.54, 1.807) is 19.1 Å². The number of carbonyl (C=O) groups excluding carboxylic acids is 2. The molecule has 1 heterocycles. The monoisotopic (exact) mass is 304 g/mol. The van der Waals surface area contributed by atoms with Crippen LogP contribution < -0.4 is 5.43 Å². The first-order chi connectivity index (χ1) is 10.3. The largest absolute Gasteiger partial charge is 0.338 e. The van der Waals surface area contributed by atoms with Crippen LogP contribution in [0.5, 0.6) is 0 Å². The summed E-state index contributed by atoms with van der Waals surface area (Å²) < 4.78 is 0. The number of pyridine rings is 1. The Kier molecular flexibility index (Phi) is 6.69. The summed E-state index contributed by atoms with van der Waals surface area (Å²) >= 11 is 0. The molecule has 0 aromatic carbocycles. The highest BCUT2D eigenvalue weighted by Gasteiger charge is 2.20. The van der Waals surface area contributed by atoms with Crippen LogP contribution in [0, 0.1) is 0 Å². The minimum absolute atomic E-state index is 0.00408. The first kappa shape index (κ1) is 17.8. The van der Waals surface area contributed by atoms with E-state index in [1.807, 2.05) is 32.6 Å². The van der Waals surface area contributed by atoms with E-state index in [4.69, 9.17) is 0 Å². The molecule has 0 bridgehead atoms. The lowest BCUT2D eigenvalue weighted by Gasteiger charge is -2.30. The summed E-state index contributed by atoms with van der Waals surface area (Å²) in [5.74, 6) is -0.316. The second-order valence-electron chi connectivity index (χ2n) is 5.69. The Morgan fingerprint density at radius 1 is 1.18 bits per heavy atom. The van der Waals surface area contributed by atoms with Crippen molar-refractivity contribution in [3.63, 3.8) is 0 Å². The highest BCUT2D eigenvalue weighted by atomic mass is 16.2. The highest BCUT2D eigenvalue weighted by molar-refractivity contribution is 6.01. The summed E-state index contributed by atoms with van der Waals surface area (Å²) in [7, 11) is 0. The van der Waals surface area contributed by atoms with Crippen molar-refractivity contribution in [2.75, 3.05) is 0 Å². The van der Waals surface area contributed by atoms with Gasteiger partial charge in [-0.2, -0.15) is 5.10 Å². The third kappa shape index (κ3) is 5.27. The second-order valence-corrected chi connectivity index (χ2v) is 5.69. The minimum Gasteiger partial charge on any atom is -0.338 e. The van der Waals surface area contributed by atoms with Crippen LogP contribution in [0.15, 0.2) is 29.6 Å². The van der Waals surface area contributed by atoms with Gasteiger partial charge in [0.15, 0.2) is 0 Å². The van der Waals surface area contributed by atoms with Gasteiger partial charge in [0, 0.05) is 35.8 Å². The molecule has 1 aromatic heterocycles. The minimum atomic E-state index is -0.321. The van der Waals surface area contributed by atoms with E-state index in [1.165, 1.54) is 12.4 Å². The Balaban J connectivity index is 2.62. The zero-order chi connectivity index (χ0) is 16.7. The fourth-order valence-corrected chi connectivity index (χ4v) is 2.24. The molecule has 6 nitrogen and oxygen atoms in total. The predicted molar refractivity (Wildman–Crippen MR) is 86.5 cm³/mol. The van der Waals surface area contributed by atoms with E-state index >= 15 is 0 Å². The summed E-state index contributed by atoms with van der Waals surface area (Å²) in [5.41, 5.74) is 3.50. The van der Waals surface area contributed by atoms with Crippen LogP contribution in [0.3, 0.4) is 0 Å². The van der Waals surface area contributed by atoms with E-state index in [9.17, 15) is 9.59 Å². The Labute approximate surface area is 131 Å². The molecule has 1 N–H and O–H groups in total. The van der Waals surface area contributed by atoms with Gasteiger partial charge >= 0.3 is 0 Å². The zero-order valence-corrected chi connectivity index (χ0v) is 13.8. The normalized spacial score (nSPS) is 11.7. The van der Waals surface area contributed by atoms with Crippen LogP contribution in [0.2, 0.25) is 0 Å². The molecule has 0 fully saturated rings. The molecule has 0 unspecified atom stereocenters. The average molecular weight is 304 g/mol. The van der Waals surface area contributed by atoms with Crippen molar-refractivity contribution in [3.8, 4) is 0 Å². The standard InChI is InChI=1S/C16H24N4O2/c1-11(2)20(12(3)4)15(21)10-13(5)18-19-16(22)14-6-8-17-9-7-14/h6-9,11-12H,10H2,1-5H3,(H,19,22)/b18-13-. The number of rotatable bonds is 6. The maximum atomic E-state index is 12.3. The fourth-order valence-electron chi connectivity index (χ4n) is 2.24. The van der Waals surface area contributed by atoms with Gasteiger partial charge in [0.2, 0.25) is 5.91 Å². The zero-order valence-electron chi connectivity index (χ0n) is 13.8. The number of hydrazone groups is 1. The molecule has 1 rings (SSSR count). The topological polar surface area (TPSA) is 74.7 Å². The number of aromatic nitrogens is 1. The molecule has 0 saturated carbocycles. The number of nitrogens with one attached hydrogen (secondary N) is 1. The number of nitrogens with zero attached hydrogens (tertiary/aromatic N) is 3. The van der Waals surface area contributed by atoms with Gasteiger partial charge in [-0.3, -0.25) is 14.6 Å². The smallest absolute Gasteiger partial charge is 0.271 e. The number of hydrogen-bond acceptors (Lipinski definition) is 4. The van der Waals surface area contributed by atoms with Gasteiger partial charge in [0.25, 0.3) is 5.91 Å². The van der Waals surface area contributed by atoms with Crippen molar-refractivity contribution >= 4 is 17.5 Å². The number of amides is 2. The molecule has 0 atom stereocenters. The first-order valence-corrected chi connectivity index (χ1v) is 7.37. The van der Waals surface area contributed by atoms with Gasteiger partial charge < -0.3 is 4.90 Å². The van der Waals surface area contributed by atoms with Crippen molar-refractivity contribution in [1.29, 1.82) is 0 Å². The molecule has 0 aliphatic heterocycles. The molecule has 1 aromatic rings. The van der Waals surface area contributed by atoms with Gasteiger partial charge in [-0.1, -0.05) is 0 Å². The van der Waals surface area contributed by atoms with Gasteiger partial charge in [-0.25, -0.2) is 5.43 Å². The van der Waals surface area contributed by atoms with Crippen LogP contribution in [0.1, 0.15) is 51.4 Å². The summed E-state index contributed by atoms with van der Waals surface area (Å²) in [5, 5.41) is 3.99. The molecular weight excluding hydrogens is 280 g/mol. The Bertz CT molecular complexity index is 530. The van der Waals surface area contributed by atoms with Crippen LogP contribution in [0.25, 0.3) is 0 Å². The van der Waals surface area contributed by atoms with Crippen molar-refractivity contribution in [1.82, 2.24) is 15.3 Å². The van der Waals surface area contributed by atoms with Crippen molar-refractivity contribution in [2.45, 2.75) is 53.1 Å². The van der Waals surface area contributed by atoms with Crippen LogP contribution in [0.4, 0.5) is 0 Å². The summed E-state index contributed by atoms with van der Waals surface area (Å²) in [6, 6.07) is 3.47. The SMILES string of the molecule is C/C(CC(=O)N(C(C)C)C(C)C)=N/NC(=O)c1ccncc1. The van der Waals surface area contributed by atoms with E-state index in [0.29, 0.717) is 11.3 Å². The lowest BCUT2D eigenvalue weighted by atomic mass is 10.2. The van der Waals surface area contributed by atoms with Crippen molar-refractivity contribution in [2.24, 2.45) is 5.10 Å². The molecule has 0 spiro atoms. The third-order valence-electron chi connectivity index (χ3n) is 3.10.